The van der Waals surface area contributed by atoms with Crippen LogP contribution in [0.1, 0.15) is 36.5 Å². The van der Waals surface area contributed by atoms with Crippen molar-refractivity contribution in [2.24, 2.45) is 0 Å². The van der Waals surface area contributed by atoms with Crippen molar-refractivity contribution in [2.75, 3.05) is 19.3 Å². The lowest BCUT2D eigenvalue weighted by atomic mass is 9.93. The van der Waals surface area contributed by atoms with Crippen LogP contribution < -0.4 is 4.72 Å². The maximum absolute atomic E-state index is 12.8. The Kier molecular flexibility index (Phi) is 6.34. The summed E-state index contributed by atoms with van der Waals surface area (Å²) in [5.41, 5.74) is 1.17. The fourth-order valence-corrected chi connectivity index (χ4v) is 4.43. The van der Waals surface area contributed by atoms with Crippen LogP contribution in [-0.4, -0.2) is 44.6 Å². The number of piperidine rings is 1. The van der Waals surface area contributed by atoms with Gasteiger partial charge in [-0.25, -0.2) is 13.1 Å². The van der Waals surface area contributed by atoms with E-state index in [1.807, 2.05) is 35.2 Å². The summed E-state index contributed by atoms with van der Waals surface area (Å²) >= 11 is 0. The summed E-state index contributed by atoms with van der Waals surface area (Å²) in [4.78, 5) is 14.7. The molecule has 1 aromatic heterocycles. The zero-order valence-electron chi connectivity index (χ0n) is 15.5. The number of hydrogen-bond acceptors (Lipinski definition) is 4. The first-order valence-electron chi connectivity index (χ1n) is 9.23. The van der Waals surface area contributed by atoms with Gasteiger partial charge < -0.3 is 9.32 Å². The van der Waals surface area contributed by atoms with Gasteiger partial charge in [0.1, 0.15) is 5.76 Å². The predicted molar refractivity (Wildman–Crippen MR) is 104 cm³/mol. The summed E-state index contributed by atoms with van der Waals surface area (Å²) < 4.78 is 30.9. The standard InChI is InChI=1S/C20H26N2O4S/c1-27(24,25)21-18-9-11-22(12-10-18)20(23)15-17(19-8-5-13-26-19)14-16-6-3-2-4-7-16/h2-8,13,17-18,21H,9-12,14-15H2,1H3. The molecular weight excluding hydrogens is 364 g/mol. The molecule has 1 atom stereocenters. The molecule has 1 aliphatic heterocycles. The van der Waals surface area contributed by atoms with Crippen LogP contribution in [0.15, 0.2) is 53.1 Å². The SMILES string of the molecule is CS(=O)(=O)NC1CCN(C(=O)CC(Cc2ccccc2)c2ccco2)CC1. The number of nitrogens with zero attached hydrogens (tertiary/aromatic N) is 1. The number of rotatable bonds is 7. The summed E-state index contributed by atoms with van der Waals surface area (Å²) in [6.45, 7) is 1.14. The second kappa shape index (κ2) is 8.71. The van der Waals surface area contributed by atoms with E-state index in [0.29, 0.717) is 32.4 Å². The molecule has 1 aromatic carbocycles. The van der Waals surface area contributed by atoms with Crippen LogP contribution in [0.3, 0.4) is 0 Å². The maximum atomic E-state index is 12.8. The van der Waals surface area contributed by atoms with E-state index >= 15 is 0 Å². The first-order chi connectivity index (χ1) is 12.9. The molecule has 1 amide bonds. The van der Waals surface area contributed by atoms with Crippen molar-refractivity contribution in [1.82, 2.24) is 9.62 Å². The lowest BCUT2D eigenvalue weighted by molar-refractivity contribution is -0.132. The third kappa shape index (κ3) is 5.94. The minimum absolute atomic E-state index is 0.0123. The van der Waals surface area contributed by atoms with E-state index in [2.05, 4.69) is 16.9 Å². The lowest BCUT2D eigenvalue weighted by Crippen LogP contribution is -2.46. The van der Waals surface area contributed by atoms with Gasteiger partial charge in [-0.2, -0.15) is 0 Å². The summed E-state index contributed by atoms with van der Waals surface area (Å²) in [5, 5.41) is 0. The van der Waals surface area contributed by atoms with Crippen LogP contribution in [0, 0.1) is 0 Å². The number of benzene rings is 1. The minimum Gasteiger partial charge on any atom is -0.469 e. The highest BCUT2D eigenvalue weighted by molar-refractivity contribution is 7.88. The first-order valence-corrected chi connectivity index (χ1v) is 11.1. The fraction of sp³-hybridized carbons (Fsp3) is 0.450. The number of amides is 1. The molecule has 0 bridgehead atoms. The van der Waals surface area contributed by atoms with Crippen molar-refractivity contribution in [3.8, 4) is 0 Å². The predicted octanol–water partition coefficient (Wildman–Crippen LogP) is 2.54. The summed E-state index contributed by atoms with van der Waals surface area (Å²) in [5.74, 6) is 0.896. The lowest BCUT2D eigenvalue weighted by Gasteiger charge is -2.32. The fourth-order valence-electron chi connectivity index (χ4n) is 3.58. The van der Waals surface area contributed by atoms with Gasteiger partial charge >= 0.3 is 0 Å². The van der Waals surface area contributed by atoms with Gasteiger partial charge in [0.15, 0.2) is 0 Å². The normalized spacial score (nSPS) is 17.0. The number of carbonyl (C=O) groups excluding carboxylic acids is 1. The summed E-state index contributed by atoms with van der Waals surface area (Å²) in [7, 11) is -3.21. The Hall–Kier alpha value is -2.12. The van der Waals surface area contributed by atoms with Crippen molar-refractivity contribution in [3.05, 3.63) is 60.1 Å². The highest BCUT2D eigenvalue weighted by Gasteiger charge is 2.27. The van der Waals surface area contributed by atoms with Crippen LogP contribution in [-0.2, 0) is 21.2 Å². The molecular formula is C20H26N2O4S. The molecule has 0 spiro atoms. The second-order valence-corrected chi connectivity index (χ2v) is 8.93. The zero-order chi connectivity index (χ0) is 19.3. The van der Waals surface area contributed by atoms with Gasteiger partial charge in [-0.3, -0.25) is 4.79 Å². The van der Waals surface area contributed by atoms with E-state index in [1.54, 1.807) is 6.26 Å². The third-order valence-corrected chi connectivity index (χ3v) is 5.68. The zero-order valence-corrected chi connectivity index (χ0v) is 16.3. The topological polar surface area (TPSA) is 79.6 Å². The van der Waals surface area contributed by atoms with Crippen molar-refractivity contribution >= 4 is 15.9 Å². The van der Waals surface area contributed by atoms with Gasteiger partial charge in [-0.15, -0.1) is 0 Å². The number of furan rings is 1. The molecule has 2 aromatic rings. The van der Waals surface area contributed by atoms with Gasteiger partial charge in [0.05, 0.1) is 12.5 Å². The van der Waals surface area contributed by atoms with E-state index in [-0.39, 0.29) is 17.9 Å². The highest BCUT2D eigenvalue weighted by Crippen LogP contribution is 2.26. The Bertz CT molecular complexity index is 826. The summed E-state index contributed by atoms with van der Waals surface area (Å²) in [6, 6.07) is 13.8. The highest BCUT2D eigenvalue weighted by atomic mass is 32.2. The molecule has 1 saturated heterocycles. The van der Waals surface area contributed by atoms with E-state index in [0.717, 1.165) is 12.2 Å². The molecule has 0 radical (unpaired) electrons. The number of sulfonamides is 1. The van der Waals surface area contributed by atoms with Gasteiger partial charge in [0, 0.05) is 31.5 Å². The molecule has 1 N–H and O–H groups in total. The molecule has 7 heteroatoms. The number of carbonyl (C=O) groups is 1. The van der Waals surface area contributed by atoms with Crippen molar-refractivity contribution in [2.45, 2.75) is 37.6 Å². The van der Waals surface area contributed by atoms with Gasteiger partial charge in [0.2, 0.25) is 15.9 Å². The number of likely N-dealkylation sites (tertiary alicyclic amines) is 1. The molecule has 1 aliphatic rings. The minimum atomic E-state index is -3.21. The van der Waals surface area contributed by atoms with Crippen molar-refractivity contribution in [3.63, 3.8) is 0 Å². The van der Waals surface area contributed by atoms with Gasteiger partial charge in [-0.05, 0) is 37.0 Å². The average molecular weight is 391 g/mol. The van der Waals surface area contributed by atoms with Crippen LogP contribution in [0.25, 0.3) is 0 Å². The Balaban J connectivity index is 1.60. The molecule has 1 unspecified atom stereocenters. The smallest absolute Gasteiger partial charge is 0.223 e. The monoisotopic (exact) mass is 390 g/mol. The third-order valence-electron chi connectivity index (χ3n) is 4.92. The van der Waals surface area contributed by atoms with Crippen molar-refractivity contribution < 1.29 is 17.6 Å². The Labute approximate surface area is 160 Å². The summed E-state index contributed by atoms with van der Waals surface area (Å²) in [6.07, 6.45) is 5.22. The van der Waals surface area contributed by atoms with E-state index in [4.69, 9.17) is 4.42 Å². The molecule has 1 fully saturated rings. The van der Waals surface area contributed by atoms with Crippen LogP contribution in [0.4, 0.5) is 0 Å². The second-order valence-electron chi connectivity index (χ2n) is 7.15. The number of nitrogens with one attached hydrogen (secondary N) is 1. The van der Waals surface area contributed by atoms with Crippen LogP contribution in [0.5, 0.6) is 0 Å². The Morgan fingerprint density at radius 2 is 1.89 bits per heavy atom. The Morgan fingerprint density at radius 1 is 1.19 bits per heavy atom. The molecule has 27 heavy (non-hydrogen) atoms. The average Bonchev–Trinajstić information content (AvgIpc) is 3.16. The largest absolute Gasteiger partial charge is 0.469 e. The van der Waals surface area contributed by atoms with Crippen molar-refractivity contribution in [1.29, 1.82) is 0 Å². The van der Waals surface area contributed by atoms with Gasteiger partial charge in [-0.1, -0.05) is 30.3 Å². The molecule has 146 valence electrons. The van der Waals surface area contributed by atoms with E-state index in [9.17, 15) is 13.2 Å². The molecule has 3 rings (SSSR count). The maximum Gasteiger partial charge on any atom is 0.223 e. The quantitative estimate of drug-likeness (QED) is 0.788. The Morgan fingerprint density at radius 3 is 2.48 bits per heavy atom. The van der Waals surface area contributed by atoms with Gasteiger partial charge in [0.25, 0.3) is 0 Å². The molecule has 6 nitrogen and oxygen atoms in total. The van der Waals surface area contributed by atoms with E-state index < -0.39 is 10.0 Å². The first kappa shape index (κ1) is 19.6. The molecule has 2 heterocycles. The van der Waals surface area contributed by atoms with Crippen LogP contribution >= 0.6 is 0 Å². The van der Waals surface area contributed by atoms with Crippen LogP contribution in [0.2, 0.25) is 0 Å². The molecule has 0 aliphatic carbocycles. The van der Waals surface area contributed by atoms with E-state index in [1.165, 1.54) is 11.8 Å². The molecule has 0 saturated carbocycles. The number of hydrogen-bond donors (Lipinski definition) is 1.